The maximum Gasteiger partial charge on any atom is 0.274 e. The Hall–Kier alpha value is -2.37. The minimum Gasteiger partial charge on any atom is -0.359 e. The number of aromatic amines is 1. The van der Waals surface area contributed by atoms with Gasteiger partial charge in [0.25, 0.3) is 5.91 Å². The van der Waals surface area contributed by atoms with Crippen LogP contribution < -0.4 is 5.32 Å². The largest absolute Gasteiger partial charge is 0.359 e. The normalized spacial score (nSPS) is 16.1. The summed E-state index contributed by atoms with van der Waals surface area (Å²) < 4.78 is 0. The Balaban J connectivity index is 1.74. The van der Waals surface area contributed by atoms with Crippen LogP contribution in [0.3, 0.4) is 0 Å². The van der Waals surface area contributed by atoms with Gasteiger partial charge in [0, 0.05) is 31.4 Å². The number of para-hydroxylation sites is 1. The van der Waals surface area contributed by atoms with E-state index in [2.05, 4.69) is 15.5 Å². The summed E-state index contributed by atoms with van der Waals surface area (Å²) in [4.78, 5) is 26.0. The molecule has 1 aromatic heterocycles. The molecule has 21 heavy (non-hydrogen) atoms. The van der Waals surface area contributed by atoms with Gasteiger partial charge < -0.3 is 10.2 Å². The lowest BCUT2D eigenvalue weighted by atomic mass is 9.95. The zero-order chi connectivity index (χ0) is 14.8. The van der Waals surface area contributed by atoms with Crippen LogP contribution in [0.15, 0.2) is 24.3 Å². The highest BCUT2D eigenvalue weighted by Crippen LogP contribution is 2.21. The Morgan fingerprint density at radius 3 is 2.71 bits per heavy atom. The smallest absolute Gasteiger partial charge is 0.274 e. The lowest BCUT2D eigenvalue weighted by Crippen LogP contribution is -2.42. The fourth-order valence-corrected chi connectivity index (χ4v) is 2.83. The molecule has 0 radical (unpaired) electrons. The van der Waals surface area contributed by atoms with Crippen molar-refractivity contribution < 1.29 is 9.59 Å². The monoisotopic (exact) mass is 286 g/mol. The molecule has 0 bridgehead atoms. The van der Waals surface area contributed by atoms with E-state index in [9.17, 15) is 9.59 Å². The third-order valence-corrected chi connectivity index (χ3v) is 4.07. The van der Waals surface area contributed by atoms with E-state index in [1.165, 1.54) is 0 Å². The number of carbonyl (C=O) groups is 2. The summed E-state index contributed by atoms with van der Waals surface area (Å²) >= 11 is 0. The topological polar surface area (TPSA) is 78.1 Å². The SMILES string of the molecule is CNC(=O)C1CCN(C(=O)c2n[nH]c3ccccc23)CC1. The van der Waals surface area contributed by atoms with E-state index in [1.807, 2.05) is 24.3 Å². The highest BCUT2D eigenvalue weighted by Gasteiger charge is 2.28. The quantitative estimate of drug-likeness (QED) is 0.869. The maximum atomic E-state index is 12.6. The number of aromatic nitrogens is 2. The summed E-state index contributed by atoms with van der Waals surface area (Å²) in [5.41, 5.74) is 1.32. The number of nitrogens with zero attached hydrogens (tertiary/aromatic N) is 2. The van der Waals surface area contributed by atoms with E-state index >= 15 is 0 Å². The number of H-pyrrole nitrogens is 1. The number of benzene rings is 1. The van der Waals surface area contributed by atoms with Crippen molar-refractivity contribution in [1.82, 2.24) is 20.4 Å². The molecule has 0 saturated carbocycles. The van der Waals surface area contributed by atoms with Gasteiger partial charge in [0.05, 0.1) is 5.52 Å². The van der Waals surface area contributed by atoms with Crippen LogP contribution in [-0.4, -0.2) is 47.0 Å². The third kappa shape index (κ3) is 2.49. The number of rotatable bonds is 2. The van der Waals surface area contributed by atoms with Crippen LogP contribution in [-0.2, 0) is 4.79 Å². The van der Waals surface area contributed by atoms with Crippen molar-refractivity contribution in [3.63, 3.8) is 0 Å². The van der Waals surface area contributed by atoms with Crippen molar-refractivity contribution >= 4 is 22.7 Å². The van der Waals surface area contributed by atoms with Gasteiger partial charge in [-0.2, -0.15) is 5.10 Å². The summed E-state index contributed by atoms with van der Waals surface area (Å²) in [5.74, 6) is 0.00472. The Bertz CT molecular complexity index is 671. The summed E-state index contributed by atoms with van der Waals surface area (Å²) in [6.45, 7) is 1.19. The van der Waals surface area contributed by atoms with Gasteiger partial charge in [-0.05, 0) is 18.9 Å². The van der Waals surface area contributed by atoms with Gasteiger partial charge in [-0.15, -0.1) is 0 Å². The molecular formula is C15H18N4O2. The van der Waals surface area contributed by atoms with Crippen molar-refractivity contribution in [2.45, 2.75) is 12.8 Å². The number of amides is 2. The molecule has 1 aromatic carbocycles. The van der Waals surface area contributed by atoms with Gasteiger partial charge in [0.1, 0.15) is 0 Å². The second-order valence-electron chi connectivity index (χ2n) is 5.30. The molecule has 2 aromatic rings. The number of fused-ring (bicyclic) bond motifs is 1. The van der Waals surface area contributed by atoms with Gasteiger partial charge in [-0.3, -0.25) is 14.7 Å². The average Bonchev–Trinajstić information content (AvgIpc) is 2.97. The summed E-state index contributed by atoms with van der Waals surface area (Å²) in [6, 6.07) is 7.59. The molecule has 110 valence electrons. The van der Waals surface area contributed by atoms with E-state index in [1.54, 1.807) is 11.9 Å². The van der Waals surface area contributed by atoms with Crippen molar-refractivity contribution in [2.75, 3.05) is 20.1 Å². The van der Waals surface area contributed by atoms with E-state index in [4.69, 9.17) is 0 Å². The summed E-state index contributed by atoms with van der Waals surface area (Å²) in [5, 5.41) is 10.5. The molecule has 0 unspecified atom stereocenters. The molecule has 0 atom stereocenters. The number of piperidine rings is 1. The molecule has 2 heterocycles. The van der Waals surface area contributed by atoms with Gasteiger partial charge in [-0.1, -0.05) is 18.2 Å². The van der Waals surface area contributed by atoms with Crippen LogP contribution in [0.4, 0.5) is 0 Å². The van der Waals surface area contributed by atoms with Gasteiger partial charge in [0.15, 0.2) is 5.69 Å². The molecule has 1 fully saturated rings. The van der Waals surface area contributed by atoms with E-state index in [0.29, 0.717) is 31.6 Å². The highest BCUT2D eigenvalue weighted by molar-refractivity contribution is 6.04. The Morgan fingerprint density at radius 1 is 1.29 bits per heavy atom. The fraction of sp³-hybridized carbons (Fsp3) is 0.400. The van der Waals surface area contributed by atoms with E-state index in [0.717, 1.165) is 10.9 Å². The fourth-order valence-electron chi connectivity index (χ4n) is 2.83. The van der Waals surface area contributed by atoms with Crippen molar-refractivity contribution in [2.24, 2.45) is 5.92 Å². The minimum absolute atomic E-state index is 0.00924. The van der Waals surface area contributed by atoms with Crippen LogP contribution in [0.1, 0.15) is 23.3 Å². The third-order valence-electron chi connectivity index (χ3n) is 4.07. The predicted molar refractivity (Wildman–Crippen MR) is 78.8 cm³/mol. The number of nitrogens with one attached hydrogen (secondary N) is 2. The molecule has 2 N–H and O–H groups in total. The number of hydrogen-bond donors (Lipinski definition) is 2. The van der Waals surface area contributed by atoms with E-state index < -0.39 is 0 Å². The lowest BCUT2D eigenvalue weighted by molar-refractivity contribution is -0.125. The Morgan fingerprint density at radius 2 is 2.00 bits per heavy atom. The van der Waals surface area contributed by atoms with Gasteiger partial charge >= 0.3 is 0 Å². The first kappa shape index (κ1) is 13.6. The molecule has 0 spiro atoms. The van der Waals surface area contributed by atoms with Gasteiger partial charge in [0.2, 0.25) is 5.91 Å². The van der Waals surface area contributed by atoms with Crippen molar-refractivity contribution in [1.29, 1.82) is 0 Å². The molecule has 3 rings (SSSR count). The van der Waals surface area contributed by atoms with Crippen LogP contribution >= 0.6 is 0 Å². The van der Waals surface area contributed by atoms with Gasteiger partial charge in [-0.25, -0.2) is 0 Å². The number of carbonyl (C=O) groups excluding carboxylic acids is 2. The van der Waals surface area contributed by atoms with Crippen molar-refractivity contribution in [3.05, 3.63) is 30.0 Å². The zero-order valence-corrected chi connectivity index (χ0v) is 11.9. The molecular weight excluding hydrogens is 268 g/mol. The molecule has 1 aliphatic rings. The molecule has 1 saturated heterocycles. The van der Waals surface area contributed by atoms with Crippen LogP contribution in [0.25, 0.3) is 10.9 Å². The minimum atomic E-state index is -0.0668. The van der Waals surface area contributed by atoms with Crippen LogP contribution in [0.5, 0.6) is 0 Å². The zero-order valence-electron chi connectivity index (χ0n) is 11.9. The molecule has 0 aliphatic carbocycles. The van der Waals surface area contributed by atoms with Crippen LogP contribution in [0.2, 0.25) is 0 Å². The average molecular weight is 286 g/mol. The predicted octanol–water partition coefficient (Wildman–Crippen LogP) is 1.16. The molecule has 2 amide bonds. The molecule has 1 aliphatic heterocycles. The standard InChI is InChI=1S/C15H18N4O2/c1-16-14(20)10-6-8-19(9-7-10)15(21)13-11-4-2-3-5-12(11)17-18-13/h2-5,10H,6-9H2,1H3,(H,16,20)(H,17,18). The highest BCUT2D eigenvalue weighted by atomic mass is 16.2. The van der Waals surface area contributed by atoms with Crippen molar-refractivity contribution in [3.8, 4) is 0 Å². The second kappa shape index (κ2) is 5.55. The maximum absolute atomic E-state index is 12.6. The number of hydrogen-bond acceptors (Lipinski definition) is 3. The molecule has 6 heteroatoms. The van der Waals surface area contributed by atoms with Crippen LogP contribution in [0, 0.1) is 5.92 Å². The Kier molecular flexibility index (Phi) is 3.60. The summed E-state index contributed by atoms with van der Waals surface area (Å²) in [6.07, 6.45) is 1.40. The first-order valence-electron chi connectivity index (χ1n) is 7.14. The number of likely N-dealkylation sites (tertiary alicyclic amines) is 1. The van der Waals surface area contributed by atoms with E-state index in [-0.39, 0.29) is 17.7 Å². The Labute approximate surface area is 122 Å². The molecule has 6 nitrogen and oxygen atoms in total. The summed E-state index contributed by atoms with van der Waals surface area (Å²) in [7, 11) is 1.65. The lowest BCUT2D eigenvalue weighted by Gasteiger charge is -2.30. The second-order valence-corrected chi connectivity index (χ2v) is 5.30. The first-order chi connectivity index (χ1) is 10.2. The first-order valence-corrected chi connectivity index (χ1v) is 7.14.